The van der Waals surface area contributed by atoms with Crippen molar-refractivity contribution in [2.45, 2.75) is 19.3 Å². The summed E-state index contributed by atoms with van der Waals surface area (Å²) >= 11 is 0. The van der Waals surface area contributed by atoms with Crippen LogP contribution in [0.3, 0.4) is 0 Å². The number of Topliss-reactive ketones (excluding diaryl/α,β-unsaturated/α-hetero) is 1. The van der Waals surface area contributed by atoms with E-state index in [-0.39, 0.29) is 5.78 Å². The molecule has 0 N–H and O–H groups in total. The number of carbonyl (C=O) groups excluding carboxylic acids is 3. The fourth-order valence-electron chi connectivity index (χ4n) is 4.52. The molecule has 5 nitrogen and oxygen atoms in total. The zero-order valence-corrected chi connectivity index (χ0v) is 15.6. The van der Waals surface area contributed by atoms with E-state index in [1.807, 2.05) is 43.3 Å². The molecule has 0 heterocycles. The van der Waals surface area contributed by atoms with Crippen molar-refractivity contribution < 1.29 is 23.9 Å². The van der Waals surface area contributed by atoms with Crippen molar-refractivity contribution in [3.8, 4) is 0 Å². The Morgan fingerprint density at radius 1 is 0.852 bits per heavy atom. The summed E-state index contributed by atoms with van der Waals surface area (Å²) in [6, 6.07) is 17.8. The van der Waals surface area contributed by atoms with Crippen molar-refractivity contribution in [3.05, 3.63) is 71.8 Å². The fraction of sp³-hybridized carbons (Fsp3) is 0.318. The molecular formula is C22H22O5. The van der Waals surface area contributed by atoms with Crippen LogP contribution < -0.4 is 0 Å². The van der Waals surface area contributed by atoms with Crippen LogP contribution >= 0.6 is 0 Å². The number of rotatable bonds is 6. The van der Waals surface area contributed by atoms with Gasteiger partial charge in [-0.15, -0.1) is 0 Å². The largest absolute Gasteiger partial charge is 0.468 e. The molecule has 1 aliphatic carbocycles. The standard InChI is InChI=1S/C22H22O5/c1-4-21(18(23)16-13-9-6-10-14-16)17(15-11-7-5-8-12-15)22(21,19(24)26-2)20(25)27-3/h5-14,17H,4H2,1-3H3/t17-,21-/m1/s1. The number of hydrogen-bond acceptors (Lipinski definition) is 5. The minimum absolute atomic E-state index is 0.254. The Kier molecular flexibility index (Phi) is 4.87. The molecule has 0 unspecified atom stereocenters. The number of esters is 2. The van der Waals surface area contributed by atoms with Crippen molar-refractivity contribution in [1.29, 1.82) is 0 Å². The molecule has 0 saturated heterocycles. The van der Waals surface area contributed by atoms with Gasteiger partial charge in [0.25, 0.3) is 0 Å². The number of methoxy groups -OCH3 is 2. The van der Waals surface area contributed by atoms with Crippen LogP contribution in [0.1, 0.15) is 35.2 Å². The highest BCUT2D eigenvalue weighted by atomic mass is 16.5. The van der Waals surface area contributed by atoms with E-state index in [2.05, 4.69) is 0 Å². The number of ether oxygens (including phenoxy) is 2. The summed E-state index contributed by atoms with van der Waals surface area (Å²) in [6.45, 7) is 1.81. The van der Waals surface area contributed by atoms with Gasteiger partial charge in [0.1, 0.15) is 0 Å². The molecule has 0 aromatic heterocycles. The first kappa shape index (κ1) is 18.8. The lowest BCUT2D eigenvalue weighted by Gasteiger charge is -2.20. The second-order valence-corrected chi connectivity index (χ2v) is 6.65. The Balaban J connectivity index is 2.26. The van der Waals surface area contributed by atoms with Gasteiger partial charge in [-0.3, -0.25) is 14.4 Å². The van der Waals surface area contributed by atoms with Gasteiger partial charge in [-0.25, -0.2) is 0 Å². The zero-order valence-electron chi connectivity index (χ0n) is 15.6. The van der Waals surface area contributed by atoms with E-state index in [4.69, 9.17) is 9.47 Å². The molecule has 140 valence electrons. The minimum Gasteiger partial charge on any atom is -0.468 e. The smallest absolute Gasteiger partial charge is 0.324 e. The predicted molar refractivity (Wildman–Crippen MR) is 99.1 cm³/mol. The Morgan fingerprint density at radius 3 is 1.78 bits per heavy atom. The molecule has 0 bridgehead atoms. The maximum atomic E-state index is 13.6. The minimum atomic E-state index is -1.69. The first-order chi connectivity index (χ1) is 13.0. The molecule has 27 heavy (non-hydrogen) atoms. The Bertz CT molecular complexity index is 843. The van der Waals surface area contributed by atoms with Gasteiger partial charge in [0.2, 0.25) is 0 Å². The molecular weight excluding hydrogens is 344 g/mol. The third-order valence-electron chi connectivity index (χ3n) is 5.69. The van der Waals surface area contributed by atoms with Crippen molar-refractivity contribution in [2.24, 2.45) is 10.8 Å². The second kappa shape index (κ2) is 6.99. The van der Waals surface area contributed by atoms with Gasteiger partial charge in [0.15, 0.2) is 11.2 Å². The number of carbonyl (C=O) groups is 3. The summed E-state index contributed by atoms with van der Waals surface area (Å²) in [4.78, 5) is 39.4. The summed E-state index contributed by atoms with van der Waals surface area (Å²) in [6.07, 6.45) is 0.296. The lowest BCUT2D eigenvalue weighted by atomic mass is 9.83. The summed E-state index contributed by atoms with van der Waals surface area (Å²) in [7, 11) is 2.45. The predicted octanol–water partition coefficient (Wildman–Crippen LogP) is 3.40. The highest BCUT2D eigenvalue weighted by Crippen LogP contribution is 2.77. The Hall–Kier alpha value is -2.95. The zero-order chi connectivity index (χ0) is 19.7. The molecule has 0 amide bonds. The summed E-state index contributed by atoms with van der Waals surface area (Å²) in [5.74, 6) is -2.39. The Labute approximate surface area is 158 Å². The second-order valence-electron chi connectivity index (χ2n) is 6.65. The molecule has 0 spiro atoms. The fourth-order valence-corrected chi connectivity index (χ4v) is 4.52. The van der Waals surface area contributed by atoms with Gasteiger partial charge >= 0.3 is 11.9 Å². The summed E-state index contributed by atoms with van der Waals surface area (Å²) in [5.41, 5.74) is -1.76. The third-order valence-corrected chi connectivity index (χ3v) is 5.69. The van der Waals surface area contributed by atoms with Gasteiger partial charge in [-0.05, 0) is 12.0 Å². The number of hydrogen-bond donors (Lipinski definition) is 0. The maximum absolute atomic E-state index is 13.6. The summed E-state index contributed by atoms with van der Waals surface area (Å²) < 4.78 is 10.0. The maximum Gasteiger partial charge on any atom is 0.324 e. The molecule has 2 aromatic carbocycles. The van der Waals surface area contributed by atoms with E-state index in [9.17, 15) is 14.4 Å². The van der Waals surface area contributed by atoms with Crippen LogP contribution in [0.25, 0.3) is 0 Å². The Morgan fingerprint density at radius 2 is 1.33 bits per heavy atom. The lowest BCUT2D eigenvalue weighted by Crippen LogP contribution is -2.37. The van der Waals surface area contributed by atoms with Gasteiger partial charge in [-0.2, -0.15) is 0 Å². The molecule has 5 heteroatoms. The highest BCUT2D eigenvalue weighted by molar-refractivity contribution is 6.18. The normalized spacial score (nSPS) is 22.6. The molecule has 1 fully saturated rings. The van der Waals surface area contributed by atoms with Gasteiger partial charge in [0, 0.05) is 11.5 Å². The van der Waals surface area contributed by atoms with Crippen LogP contribution in [0.2, 0.25) is 0 Å². The molecule has 0 aliphatic heterocycles. The number of ketones is 1. The van der Waals surface area contributed by atoms with Crippen molar-refractivity contribution in [2.75, 3.05) is 14.2 Å². The highest BCUT2D eigenvalue weighted by Gasteiger charge is 2.88. The van der Waals surface area contributed by atoms with Crippen LogP contribution in [0.15, 0.2) is 60.7 Å². The average Bonchev–Trinajstić information content (AvgIpc) is 3.38. The third kappa shape index (κ3) is 2.41. The van der Waals surface area contributed by atoms with Crippen molar-refractivity contribution in [3.63, 3.8) is 0 Å². The molecule has 2 aromatic rings. The topological polar surface area (TPSA) is 69.7 Å². The van der Waals surface area contributed by atoms with E-state index in [1.165, 1.54) is 14.2 Å². The first-order valence-corrected chi connectivity index (χ1v) is 8.84. The van der Waals surface area contributed by atoms with Crippen molar-refractivity contribution >= 4 is 17.7 Å². The van der Waals surface area contributed by atoms with Crippen LogP contribution in [0.5, 0.6) is 0 Å². The van der Waals surface area contributed by atoms with Crippen LogP contribution in [0, 0.1) is 10.8 Å². The van der Waals surface area contributed by atoms with Gasteiger partial charge < -0.3 is 9.47 Å². The van der Waals surface area contributed by atoms with E-state index in [0.717, 1.165) is 5.56 Å². The van der Waals surface area contributed by atoms with Gasteiger partial charge in [-0.1, -0.05) is 67.6 Å². The van der Waals surface area contributed by atoms with E-state index < -0.39 is 28.7 Å². The first-order valence-electron chi connectivity index (χ1n) is 8.84. The van der Waals surface area contributed by atoms with Crippen molar-refractivity contribution in [1.82, 2.24) is 0 Å². The molecule has 3 rings (SSSR count). The molecule has 1 saturated carbocycles. The van der Waals surface area contributed by atoms with E-state index >= 15 is 0 Å². The summed E-state index contributed by atoms with van der Waals surface area (Å²) in [5, 5.41) is 0. The van der Waals surface area contributed by atoms with E-state index in [1.54, 1.807) is 24.3 Å². The average molecular weight is 366 g/mol. The van der Waals surface area contributed by atoms with Crippen LogP contribution in [-0.4, -0.2) is 31.9 Å². The SMILES string of the molecule is CC[C@]1(C(=O)c2ccccc2)[C@@H](c2ccccc2)C1(C(=O)OC)C(=O)OC. The molecule has 0 radical (unpaired) electrons. The van der Waals surface area contributed by atoms with E-state index in [0.29, 0.717) is 12.0 Å². The molecule has 1 aliphatic rings. The quantitative estimate of drug-likeness (QED) is 0.445. The van der Waals surface area contributed by atoms with Gasteiger partial charge in [0.05, 0.1) is 19.6 Å². The molecule has 2 atom stereocenters. The van der Waals surface area contributed by atoms with Crippen LogP contribution in [0.4, 0.5) is 0 Å². The monoisotopic (exact) mass is 366 g/mol. The lowest BCUT2D eigenvalue weighted by molar-refractivity contribution is -0.163. The number of benzene rings is 2. The van der Waals surface area contributed by atoms with Crippen LogP contribution in [-0.2, 0) is 19.1 Å².